The maximum Gasteiger partial charge on any atom is 0.244 e. The molecule has 196 valence electrons. The number of rotatable bonds is 7. The maximum atomic E-state index is 13.4. The van der Waals surface area contributed by atoms with E-state index in [4.69, 9.17) is 39.5 Å². The summed E-state index contributed by atoms with van der Waals surface area (Å²) in [6.45, 7) is 4.32. The second kappa shape index (κ2) is 11.5. The third-order valence-electron chi connectivity index (χ3n) is 7.23. The minimum Gasteiger partial charge on any atom is -0.493 e. The van der Waals surface area contributed by atoms with Crippen molar-refractivity contribution in [1.29, 1.82) is 0 Å². The van der Waals surface area contributed by atoms with E-state index in [-0.39, 0.29) is 33.9 Å². The lowest BCUT2D eigenvalue weighted by molar-refractivity contribution is -0.136. The van der Waals surface area contributed by atoms with Crippen LogP contribution in [0.5, 0.6) is 5.75 Å². The molecule has 0 bridgehead atoms. The third-order valence-corrected chi connectivity index (χ3v) is 10.5. The zero-order valence-electron chi connectivity index (χ0n) is 20.3. The van der Waals surface area contributed by atoms with Crippen LogP contribution in [0.3, 0.4) is 0 Å². The number of benzene rings is 2. The molecule has 2 aromatic rings. The lowest BCUT2D eigenvalue weighted by Gasteiger charge is -2.42. The fraction of sp³-hybridized carbons (Fsp3) is 0.500. The summed E-state index contributed by atoms with van der Waals surface area (Å²) in [5.41, 5.74) is 0.429. The van der Waals surface area contributed by atoms with Crippen molar-refractivity contribution in [3.05, 3.63) is 57.0 Å². The molecule has 0 aromatic heterocycles. The van der Waals surface area contributed by atoms with Gasteiger partial charge in [-0.3, -0.25) is 4.79 Å². The van der Waals surface area contributed by atoms with Gasteiger partial charge in [-0.1, -0.05) is 40.9 Å². The fourth-order valence-corrected chi connectivity index (χ4v) is 7.21. The summed E-state index contributed by atoms with van der Waals surface area (Å²) >= 11 is 18.5. The van der Waals surface area contributed by atoms with E-state index in [2.05, 4.69) is 0 Å². The zero-order chi connectivity index (χ0) is 25.9. The van der Waals surface area contributed by atoms with Gasteiger partial charge in [-0.25, -0.2) is 8.42 Å². The Morgan fingerprint density at radius 1 is 0.972 bits per heavy atom. The minimum absolute atomic E-state index is 0.00134. The van der Waals surface area contributed by atoms with Gasteiger partial charge < -0.3 is 9.64 Å². The van der Waals surface area contributed by atoms with Crippen molar-refractivity contribution in [2.45, 2.75) is 50.3 Å². The quantitative estimate of drug-likeness (QED) is 0.395. The molecule has 2 aliphatic rings. The summed E-state index contributed by atoms with van der Waals surface area (Å²) in [5, 5.41) is 0.885. The maximum absolute atomic E-state index is 13.4. The van der Waals surface area contributed by atoms with Gasteiger partial charge in [0.25, 0.3) is 0 Å². The molecule has 2 aromatic carbocycles. The normalized spacial score (nSPS) is 18.7. The summed E-state index contributed by atoms with van der Waals surface area (Å²) in [7, 11) is -3.83. The van der Waals surface area contributed by atoms with Crippen LogP contribution in [-0.4, -0.2) is 56.3 Å². The summed E-state index contributed by atoms with van der Waals surface area (Å²) in [5.74, 6) is 0.794. The number of amides is 1. The summed E-state index contributed by atoms with van der Waals surface area (Å²) in [4.78, 5) is 15.2. The lowest BCUT2D eigenvalue weighted by Crippen LogP contribution is -2.48. The molecule has 0 atom stereocenters. The second-order valence-corrected chi connectivity index (χ2v) is 12.9. The number of hydrogen-bond acceptors (Lipinski definition) is 4. The standard InChI is InChI=1S/C26H31Cl3N2O4S/c1-19-16-20(8-9-21(19)27)35-18-26(17-24(32)30-12-3-2-4-13-30)10-14-31(15-11-26)36(33,34)23-7-5-6-22(28)25(23)29/h5-9,16H,2-4,10-15,17-18H2,1H3. The zero-order valence-corrected chi connectivity index (χ0v) is 23.4. The first kappa shape index (κ1) is 27.5. The molecule has 36 heavy (non-hydrogen) atoms. The number of hydrogen-bond donors (Lipinski definition) is 0. The molecule has 4 rings (SSSR count). The van der Waals surface area contributed by atoms with Crippen molar-refractivity contribution in [1.82, 2.24) is 9.21 Å². The molecular formula is C26H31Cl3N2O4S. The number of nitrogens with zero attached hydrogens (tertiary/aromatic N) is 2. The molecule has 2 aliphatic heterocycles. The molecule has 2 fully saturated rings. The van der Waals surface area contributed by atoms with Crippen molar-refractivity contribution in [3.8, 4) is 5.75 Å². The molecule has 0 radical (unpaired) electrons. The Hall–Kier alpha value is -1.51. The van der Waals surface area contributed by atoms with Crippen LogP contribution in [0, 0.1) is 12.3 Å². The number of carbonyl (C=O) groups is 1. The Morgan fingerprint density at radius 2 is 1.67 bits per heavy atom. The van der Waals surface area contributed by atoms with E-state index >= 15 is 0 Å². The van der Waals surface area contributed by atoms with Gasteiger partial charge in [0.2, 0.25) is 15.9 Å². The van der Waals surface area contributed by atoms with Crippen molar-refractivity contribution < 1.29 is 17.9 Å². The van der Waals surface area contributed by atoms with E-state index in [1.165, 1.54) is 10.4 Å². The van der Waals surface area contributed by atoms with Crippen LogP contribution in [0.25, 0.3) is 0 Å². The highest BCUT2D eigenvalue weighted by molar-refractivity contribution is 7.89. The Labute approximate surface area is 228 Å². The highest BCUT2D eigenvalue weighted by Crippen LogP contribution is 2.40. The number of piperidine rings is 2. The molecule has 2 heterocycles. The number of sulfonamides is 1. The topological polar surface area (TPSA) is 66.9 Å². The first-order chi connectivity index (χ1) is 17.1. The molecule has 0 unspecified atom stereocenters. The number of ether oxygens (including phenoxy) is 1. The molecule has 2 saturated heterocycles. The monoisotopic (exact) mass is 572 g/mol. The fourth-order valence-electron chi connectivity index (χ4n) is 4.91. The average Bonchev–Trinajstić information content (AvgIpc) is 2.87. The molecule has 0 N–H and O–H groups in total. The number of carbonyl (C=O) groups excluding carboxylic acids is 1. The molecule has 0 aliphatic carbocycles. The molecule has 6 nitrogen and oxygen atoms in total. The first-order valence-electron chi connectivity index (χ1n) is 12.2. The Morgan fingerprint density at radius 3 is 2.33 bits per heavy atom. The Bertz CT molecular complexity index is 1210. The van der Waals surface area contributed by atoms with Crippen LogP contribution < -0.4 is 4.74 Å². The third kappa shape index (κ3) is 6.13. The van der Waals surface area contributed by atoms with Gasteiger partial charge >= 0.3 is 0 Å². The van der Waals surface area contributed by atoms with Crippen LogP contribution in [0.15, 0.2) is 41.3 Å². The number of aryl methyl sites for hydroxylation is 1. The highest BCUT2D eigenvalue weighted by Gasteiger charge is 2.42. The molecular weight excluding hydrogens is 543 g/mol. The molecule has 10 heteroatoms. The first-order valence-corrected chi connectivity index (χ1v) is 14.8. The van der Waals surface area contributed by atoms with E-state index in [0.29, 0.717) is 36.6 Å². The van der Waals surface area contributed by atoms with Gasteiger partial charge in [0.1, 0.15) is 10.6 Å². The predicted octanol–water partition coefficient (Wildman–Crippen LogP) is 6.21. The van der Waals surface area contributed by atoms with Gasteiger partial charge in [-0.2, -0.15) is 4.31 Å². The van der Waals surface area contributed by atoms with Crippen molar-refractivity contribution in [2.75, 3.05) is 32.8 Å². The van der Waals surface area contributed by atoms with E-state index in [0.717, 1.165) is 37.9 Å². The Kier molecular flexibility index (Phi) is 8.78. The largest absolute Gasteiger partial charge is 0.493 e. The predicted molar refractivity (Wildman–Crippen MR) is 144 cm³/mol. The van der Waals surface area contributed by atoms with Crippen molar-refractivity contribution in [3.63, 3.8) is 0 Å². The summed E-state index contributed by atoms with van der Waals surface area (Å²) in [6, 6.07) is 10.1. The Balaban J connectivity index is 1.52. The molecule has 0 spiro atoms. The highest BCUT2D eigenvalue weighted by atomic mass is 35.5. The molecule has 1 amide bonds. The van der Waals surface area contributed by atoms with E-state index in [9.17, 15) is 13.2 Å². The smallest absolute Gasteiger partial charge is 0.244 e. The molecule has 0 saturated carbocycles. The van der Waals surface area contributed by atoms with Crippen LogP contribution in [-0.2, 0) is 14.8 Å². The second-order valence-electron chi connectivity index (χ2n) is 9.77. The summed E-state index contributed by atoms with van der Waals surface area (Å²) < 4.78 is 34.3. The van der Waals surface area contributed by atoms with Gasteiger partial charge in [0.15, 0.2) is 0 Å². The number of likely N-dealkylation sites (tertiary alicyclic amines) is 1. The van der Waals surface area contributed by atoms with Crippen LogP contribution in [0.1, 0.15) is 44.1 Å². The van der Waals surface area contributed by atoms with Crippen LogP contribution >= 0.6 is 34.8 Å². The van der Waals surface area contributed by atoms with Gasteiger partial charge in [-0.05, 0) is 74.9 Å². The lowest BCUT2D eigenvalue weighted by atomic mass is 9.76. The SMILES string of the molecule is Cc1cc(OCC2(CC(=O)N3CCCCC3)CCN(S(=O)(=O)c3cccc(Cl)c3Cl)CC2)ccc1Cl. The van der Waals surface area contributed by atoms with Crippen LogP contribution in [0.2, 0.25) is 15.1 Å². The van der Waals surface area contributed by atoms with Crippen molar-refractivity contribution in [2.24, 2.45) is 5.41 Å². The van der Waals surface area contributed by atoms with E-state index in [1.54, 1.807) is 18.2 Å². The summed E-state index contributed by atoms with van der Waals surface area (Å²) in [6.07, 6.45) is 4.50. The van der Waals surface area contributed by atoms with Gasteiger partial charge in [-0.15, -0.1) is 0 Å². The van der Waals surface area contributed by atoms with Gasteiger partial charge in [0.05, 0.1) is 16.7 Å². The van der Waals surface area contributed by atoms with Crippen LogP contribution in [0.4, 0.5) is 0 Å². The van der Waals surface area contributed by atoms with Gasteiger partial charge in [0, 0.05) is 43.0 Å². The minimum atomic E-state index is -3.83. The number of halogens is 3. The van der Waals surface area contributed by atoms with E-state index in [1.807, 2.05) is 24.0 Å². The van der Waals surface area contributed by atoms with E-state index < -0.39 is 15.4 Å². The average molecular weight is 574 g/mol. The van der Waals surface area contributed by atoms with Crippen molar-refractivity contribution >= 4 is 50.7 Å².